The molecule has 0 aliphatic carbocycles. The van der Waals surface area contributed by atoms with Gasteiger partial charge in [-0.3, -0.25) is 0 Å². The average Bonchev–Trinajstić information content (AvgIpc) is 2.00. The van der Waals surface area contributed by atoms with Crippen LogP contribution in [0.2, 0.25) is 0 Å². The summed E-state index contributed by atoms with van der Waals surface area (Å²) < 4.78 is 25.8. The van der Waals surface area contributed by atoms with Gasteiger partial charge < -0.3 is 5.73 Å². The smallest absolute Gasteiger partial charge is 0.281 e. The van der Waals surface area contributed by atoms with Gasteiger partial charge in [0.2, 0.25) is 0 Å². The standard InChI is InChI=1S/C8H19N3O2S/c1-4-5-8(9)6-11(7-8)14(12,13)10(2)3/h4-7,9H2,1-3H3. The van der Waals surface area contributed by atoms with E-state index < -0.39 is 10.2 Å². The molecule has 0 unspecified atom stereocenters. The Labute approximate surface area is 86.0 Å². The van der Waals surface area contributed by atoms with Crippen molar-refractivity contribution in [2.24, 2.45) is 5.73 Å². The first-order chi connectivity index (χ1) is 6.32. The summed E-state index contributed by atoms with van der Waals surface area (Å²) in [6.07, 6.45) is 1.87. The molecule has 1 saturated heterocycles. The topological polar surface area (TPSA) is 66.6 Å². The minimum Gasteiger partial charge on any atom is -0.323 e. The van der Waals surface area contributed by atoms with Crippen molar-refractivity contribution in [3.63, 3.8) is 0 Å². The third kappa shape index (κ3) is 2.08. The van der Waals surface area contributed by atoms with Crippen LogP contribution in [0.15, 0.2) is 0 Å². The van der Waals surface area contributed by atoms with E-state index in [1.165, 1.54) is 22.7 Å². The molecule has 1 heterocycles. The van der Waals surface area contributed by atoms with Crippen LogP contribution in [-0.4, -0.2) is 49.8 Å². The zero-order valence-corrected chi connectivity index (χ0v) is 9.84. The van der Waals surface area contributed by atoms with Crippen molar-refractivity contribution in [1.82, 2.24) is 8.61 Å². The second-order valence-corrected chi connectivity index (χ2v) is 6.31. The summed E-state index contributed by atoms with van der Waals surface area (Å²) in [6, 6.07) is 0. The zero-order chi connectivity index (χ0) is 11.0. The van der Waals surface area contributed by atoms with Crippen LogP contribution in [0, 0.1) is 0 Å². The quantitative estimate of drug-likeness (QED) is 0.703. The van der Waals surface area contributed by atoms with Gasteiger partial charge in [-0.15, -0.1) is 0 Å². The monoisotopic (exact) mass is 221 g/mol. The van der Waals surface area contributed by atoms with Crippen molar-refractivity contribution < 1.29 is 8.42 Å². The SMILES string of the molecule is CCCC1(N)CN(S(=O)(=O)N(C)C)C1. The molecule has 0 amide bonds. The van der Waals surface area contributed by atoms with Gasteiger partial charge in [0.15, 0.2) is 0 Å². The molecule has 14 heavy (non-hydrogen) atoms. The fourth-order valence-electron chi connectivity index (χ4n) is 1.71. The lowest BCUT2D eigenvalue weighted by Crippen LogP contribution is -2.69. The van der Waals surface area contributed by atoms with Gasteiger partial charge >= 0.3 is 0 Å². The lowest BCUT2D eigenvalue weighted by atomic mass is 9.89. The molecule has 1 rings (SSSR count). The third-order valence-electron chi connectivity index (χ3n) is 2.52. The number of nitrogens with two attached hydrogens (primary N) is 1. The Balaban J connectivity index is 2.57. The first-order valence-electron chi connectivity index (χ1n) is 4.78. The van der Waals surface area contributed by atoms with Gasteiger partial charge in [0.1, 0.15) is 0 Å². The summed E-state index contributed by atoms with van der Waals surface area (Å²) >= 11 is 0. The Kier molecular flexibility index (Phi) is 3.20. The molecule has 0 aromatic carbocycles. The van der Waals surface area contributed by atoms with Gasteiger partial charge in [-0.05, 0) is 6.42 Å². The maximum absolute atomic E-state index is 11.6. The van der Waals surface area contributed by atoms with E-state index in [1.807, 2.05) is 0 Å². The fraction of sp³-hybridized carbons (Fsp3) is 1.00. The van der Waals surface area contributed by atoms with Crippen molar-refractivity contribution in [3.05, 3.63) is 0 Å². The maximum atomic E-state index is 11.6. The Morgan fingerprint density at radius 2 is 1.93 bits per heavy atom. The molecule has 6 heteroatoms. The highest BCUT2D eigenvalue weighted by atomic mass is 32.2. The molecule has 0 bridgehead atoms. The molecule has 5 nitrogen and oxygen atoms in total. The van der Waals surface area contributed by atoms with Crippen LogP contribution in [0.1, 0.15) is 19.8 Å². The highest BCUT2D eigenvalue weighted by Gasteiger charge is 2.45. The van der Waals surface area contributed by atoms with Gasteiger partial charge in [-0.2, -0.15) is 17.0 Å². The number of rotatable bonds is 4. The van der Waals surface area contributed by atoms with Crippen LogP contribution in [0.3, 0.4) is 0 Å². The van der Waals surface area contributed by atoms with E-state index in [9.17, 15) is 8.42 Å². The first-order valence-corrected chi connectivity index (χ1v) is 6.18. The summed E-state index contributed by atoms with van der Waals surface area (Å²) in [7, 11) is -0.176. The molecule has 0 radical (unpaired) electrons. The van der Waals surface area contributed by atoms with Crippen molar-refractivity contribution in [2.45, 2.75) is 25.3 Å². The second-order valence-electron chi connectivity index (χ2n) is 4.17. The van der Waals surface area contributed by atoms with E-state index in [0.717, 1.165) is 12.8 Å². The molecular formula is C8H19N3O2S. The predicted molar refractivity (Wildman–Crippen MR) is 56.0 cm³/mol. The van der Waals surface area contributed by atoms with E-state index in [0.29, 0.717) is 13.1 Å². The van der Waals surface area contributed by atoms with Gasteiger partial charge in [-0.1, -0.05) is 13.3 Å². The molecule has 1 aliphatic rings. The van der Waals surface area contributed by atoms with Gasteiger partial charge in [0.05, 0.1) is 0 Å². The third-order valence-corrected chi connectivity index (χ3v) is 4.35. The lowest BCUT2D eigenvalue weighted by molar-refractivity contribution is 0.140. The van der Waals surface area contributed by atoms with Crippen LogP contribution in [0.4, 0.5) is 0 Å². The van der Waals surface area contributed by atoms with Crippen molar-refractivity contribution in [3.8, 4) is 0 Å². The molecule has 0 aromatic heterocycles. The van der Waals surface area contributed by atoms with Crippen molar-refractivity contribution in [1.29, 1.82) is 0 Å². The summed E-state index contributed by atoms with van der Waals surface area (Å²) in [6.45, 7) is 2.94. The first kappa shape index (κ1) is 11.9. The Bertz CT molecular complexity index is 294. The van der Waals surface area contributed by atoms with Crippen LogP contribution < -0.4 is 5.73 Å². The molecule has 1 fully saturated rings. The van der Waals surface area contributed by atoms with E-state index in [4.69, 9.17) is 5.73 Å². The molecule has 0 aromatic rings. The Morgan fingerprint density at radius 3 is 2.29 bits per heavy atom. The van der Waals surface area contributed by atoms with Crippen molar-refractivity contribution >= 4 is 10.2 Å². The second kappa shape index (κ2) is 3.77. The number of hydrogen-bond acceptors (Lipinski definition) is 3. The largest absolute Gasteiger partial charge is 0.323 e. The molecular weight excluding hydrogens is 202 g/mol. The normalized spacial score (nSPS) is 22.4. The van der Waals surface area contributed by atoms with E-state index in [2.05, 4.69) is 6.92 Å². The fourth-order valence-corrected chi connectivity index (χ4v) is 3.01. The molecule has 0 atom stereocenters. The van der Waals surface area contributed by atoms with Gasteiger partial charge in [0.25, 0.3) is 10.2 Å². The van der Waals surface area contributed by atoms with Crippen LogP contribution >= 0.6 is 0 Å². The number of nitrogens with zero attached hydrogens (tertiary/aromatic N) is 2. The minimum absolute atomic E-state index is 0.294. The van der Waals surface area contributed by atoms with E-state index in [-0.39, 0.29) is 5.54 Å². The Hall–Kier alpha value is -0.170. The van der Waals surface area contributed by atoms with Crippen LogP contribution in [0.5, 0.6) is 0 Å². The zero-order valence-electron chi connectivity index (χ0n) is 9.02. The van der Waals surface area contributed by atoms with Gasteiger partial charge in [0, 0.05) is 32.7 Å². The molecule has 1 aliphatic heterocycles. The van der Waals surface area contributed by atoms with E-state index >= 15 is 0 Å². The minimum atomic E-state index is -3.24. The van der Waals surface area contributed by atoms with Crippen LogP contribution in [-0.2, 0) is 10.2 Å². The molecule has 84 valence electrons. The maximum Gasteiger partial charge on any atom is 0.281 e. The molecule has 0 saturated carbocycles. The predicted octanol–water partition coefficient (Wildman–Crippen LogP) is -0.394. The highest BCUT2D eigenvalue weighted by molar-refractivity contribution is 7.86. The lowest BCUT2D eigenvalue weighted by Gasteiger charge is -2.47. The Morgan fingerprint density at radius 1 is 1.43 bits per heavy atom. The number of hydrogen-bond donors (Lipinski definition) is 1. The van der Waals surface area contributed by atoms with Crippen molar-refractivity contribution in [2.75, 3.05) is 27.2 Å². The van der Waals surface area contributed by atoms with Gasteiger partial charge in [-0.25, -0.2) is 0 Å². The van der Waals surface area contributed by atoms with Crippen LogP contribution in [0.25, 0.3) is 0 Å². The molecule has 0 spiro atoms. The molecule has 2 N–H and O–H groups in total. The average molecular weight is 221 g/mol. The summed E-state index contributed by atoms with van der Waals surface area (Å²) in [5.41, 5.74) is 5.68. The highest BCUT2D eigenvalue weighted by Crippen LogP contribution is 2.26. The summed E-state index contributed by atoms with van der Waals surface area (Å²) in [5.74, 6) is 0. The summed E-state index contributed by atoms with van der Waals surface area (Å²) in [5, 5.41) is 0. The summed E-state index contributed by atoms with van der Waals surface area (Å²) in [4.78, 5) is 0. The van der Waals surface area contributed by atoms with E-state index in [1.54, 1.807) is 0 Å².